The lowest BCUT2D eigenvalue weighted by molar-refractivity contribution is -0.129. The first-order valence-electron chi connectivity index (χ1n) is 10.0. The van der Waals surface area contributed by atoms with Crippen molar-refractivity contribution in [3.8, 4) is 11.5 Å². The van der Waals surface area contributed by atoms with Crippen LogP contribution < -0.4 is 10.1 Å². The number of carbonyl (C=O) groups excluding carboxylic acids is 2. The quantitative estimate of drug-likeness (QED) is 0.540. The van der Waals surface area contributed by atoms with Gasteiger partial charge in [0.25, 0.3) is 0 Å². The number of likely N-dealkylation sites (N-methyl/N-ethyl adjacent to an activating group) is 1. The van der Waals surface area contributed by atoms with Crippen molar-refractivity contribution in [2.24, 2.45) is 0 Å². The summed E-state index contributed by atoms with van der Waals surface area (Å²) in [4.78, 5) is 26.2. The number of hydrogen-bond donors (Lipinski definition) is 1. The molecular weight excluding hydrogens is 388 g/mol. The molecule has 0 atom stereocenters. The molecule has 3 rings (SSSR count). The van der Waals surface area contributed by atoms with Crippen LogP contribution >= 0.6 is 0 Å². The summed E-state index contributed by atoms with van der Waals surface area (Å²) in [7, 11) is 1.60. The number of para-hydroxylation sites is 2. The first kappa shape index (κ1) is 21.8. The Labute approximate surface area is 183 Å². The molecular formula is C26H26N2O3. The third-order valence-electron chi connectivity index (χ3n) is 4.76. The molecule has 3 aromatic rings. The third-order valence-corrected chi connectivity index (χ3v) is 4.76. The fraction of sp³-hybridized carbons (Fsp3) is 0.154. The Hall–Kier alpha value is -3.86. The lowest BCUT2D eigenvalue weighted by atomic mass is 10.1. The fourth-order valence-electron chi connectivity index (χ4n) is 3.08. The Bertz CT molecular complexity index is 1070. The van der Waals surface area contributed by atoms with Gasteiger partial charge in [0.15, 0.2) is 0 Å². The number of aryl methyl sites for hydroxylation is 2. The maximum Gasteiger partial charge on any atom is 0.246 e. The SMILES string of the molecule is Cc1cccc(C)c1NC(=O)CN(C)C(=O)C=Cc1cccc(Oc2ccccc2)c1. The maximum atomic E-state index is 12.4. The minimum atomic E-state index is -0.258. The molecule has 0 spiro atoms. The molecule has 0 unspecified atom stereocenters. The van der Waals surface area contributed by atoms with Crippen LogP contribution in [0.1, 0.15) is 16.7 Å². The molecule has 0 bridgehead atoms. The van der Waals surface area contributed by atoms with E-state index in [-0.39, 0.29) is 18.4 Å². The predicted octanol–water partition coefficient (Wildman–Crippen LogP) is 5.21. The Morgan fingerprint density at radius 1 is 0.903 bits per heavy atom. The molecule has 0 heterocycles. The summed E-state index contributed by atoms with van der Waals surface area (Å²) in [5, 5.41) is 2.90. The first-order valence-corrected chi connectivity index (χ1v) is 10.0. The number of carbonyl (C=O) groups is 2. The Morgan fingerprint density at radius 3 is 2.26 bits per heavy atom. The van der Waals surface area contributed by atoms with Crippen molar-refractivity contribution in [2.45, 2.75) is 13.8 Å². The van der Waals surface area contributed by atoms with E-state index >= 15 is 0 Å². The van der Waals surface area contributed by atoms with Crippen molar-refractivity contribution in [3.63, 3.8) is 0 Å². The van der Waals surface area contributed by atoms with Crippen LogP contribution in [0.4, 0.5) is 5.69 Å². The molecule has 0 aliphatic heterocycles. The highest BCUT2D eigenvalue weighted by Gasteiger charge is 2.12. The highest BCUT2D eigenvalue weighted by atomic mass is 16.5. The molecule has 0 aromatic heterocycles. The Morgan fingerprint density at radius 2 is 1.55 bits per heavy atom. The number of amides is 2. The average molecular weight is 415 g/mol. The second kappa shape index (κ2) is 10.3. The van der Waals surface area contributed by atoms with Crippen molar-refractivity contribution < 1.29 is 14.3 Å². The van der Waals surface area contributed by atoms with Gasteiger partial charge in [-0.2, -0.15) is 0 Å². The number of anilines is 1. The van der Waals surface area contributed by atoms with E-state index in [0.29, 0.717) is 5.75 Å². The molecule has 0 radical (unpaired) electrons. The summed E-state index contributed by atoms with van der Waals surface area (Å²) in [5.74, 6) is 0.933. The standard InChI is InChI=1S/C26H26N2O3/c1-19-9-7-10-20(2)26(19)27-24(29)18-28(3)25(30)16-15-21-11-8-14-23(17-21)31-22-12-5-4-6-13-22/h4-17H,18H2,1-3H3,(H,27,29). The lowest BCUT2D eigenvalue weighted by Crippen LogP contribution is -2.34. The molecule has 0 aliphatic rings. The zero-order valence-electron chi connectivity index (χ0n) is 18.0. The molecule has 1 N–H and O–H groups in total. The van der Waals surface area contributed by atoms with E-state index in [2.05, 4.69) is 5.32 Å². The smallest absolute Gasteiger partial charge is 0.246 e. The van der Waals surface area contributed by atoms with E-state index in [1.807, 2.05) is 86.6 Å². The van der Waals surface area contributed by atoms with Gasteiger partial charge in [-0.3, -0.25) is 9.59 Å². The number of rotatable bonds is 7. The molecule has 158 valence electrons. The number of ether oxygens (including phenoxy) is 1. The van der Waals surface area contributed by atoms with E-state index in [0.717, 1.165) is 28.1 Å². The molecule has 3 aromatic carbocycles. The summed E-state index contributed by atoms with van der Waals surface area (Å²) in [6.07, 6.45) is 3.16. The van der Waals surface area contributed by atoms with Gasteiger partial charge in [0.2, 0.25) is 11.8 Å². The molecule has 5 heteroatoms. The van der Waals surface area contributed by atoms with E-state index < -0.39 is 0 Å². The molecule has 0 fully saturated rings. The van der Waals surface area contributed by atoms with Gasteiger partial charge in [0.05, 0.1) is 6.54 Å². The van der Waals surface area contributed by atoms with E-state index in [1.54, 1.807) is 13.1 Å². The summed E-state index contributed by atoms with van der Waals surface area (Å²) < 4.78 is 5.82. The van der Waals surface area contributed by atoms with Crippen LogP contribution in [-0.2, 0) is 9.59 Å². The summed E-state index contributed by atoms with van der Waals surface area (Å²) in [5.41, 5.74) is 3.59. The van der Waals surface area contributed by atoms with Gasteiger partial charge in [-0.15, -0.1) is 0 Å². The van der Waals surface area contributed by atoms with Crippen molar-refractivity contribution in [1.29, 1.82) is 0 Å². The maximum absolute atomic E-state index is 12.4. The molecule has 0 aliphatic carbocycles. The zero-order valence-corrected chi connectivity index (χ0v) is 18.0. The summed E-state index contributed by atoms with van der Waals surface area (Å²) >= 11 is 0. The van der Waals surface area contributed by atoms with Crippen LogP contribution in [0.2, 0.25) is 0 Å². The number of benzene rings is 3. The van der Waals surface area contributed by atoms with E-state index in [1.165, 1.54) is 11.0 Å². The lowest BCUT2D eigenvalue weighted by Gasteiger charge is -2.16. The van der Waals surface area contributed by atoms with Crippen LogP contribution in [0.3, 0.4) is 0 Å². The van der Waals surface area contributed by atoms with E-state index in [9.17, 15) is 9.59 Å². The average Bonchev–Trinajstić information content (AvgIpc) is 2.75. The zero-order chi connectivity index (χ0) is 22.2. The predicted molar refractivity (Wildman–Crippen MR) is 124 cm³/mol. The largest absolute Gasteiger partial charge is 0.457 e. The molecule has 5 nitrogen and oxygen atoms in total. The van der Waals surface area contributed by atoms with Crippen molar-refractivity contribution in [1.82, 2.24) is 4.90 Å². The van der Waals surface area contributed by atoms with Crippen LogP contribution in [0.25, 0.3) is 6.08 Å². The van der Waals surface area contributed by atoms with Gasteiger partial charge in [-0.1, -0.05) is 48.5 Å². The van der Waals surface area contributed by atoms with Crippen molar-refractivity contribution in [3.05, 3.63) is 95.6 Å². The number of nitrogens with one attached hydrogen (secondary N) is 1. The van der Waals surface area contributed by atoms with Gasteiger partial charge in [0.1, 0.15) is 11.5 Å². The van der Waals surface area contributed by atoms with Crippen molar-refractivity contribution in [2.75, 3.05) is 18.9 Å². The molecule has 31 heavy (non-hydrogen) atoms. The topological polar surface area (TPSA) is 58.6 Å². The minimum absolute atomic E-state index is 0.0336. The molecule has 0 saturated carbocycles. The fourth-order valence-corrected chi connectivity index (χ4v) is 3.08. The van der Waals surface area contributed by atoms with Gasteiger partial charge >= 0.3 is 0 Å². The Kier molecular flexibility index (Phi) is 7.22. The monoisotopic (exact) mass is 414 g/mol. The summed E-state index contributed by atoms with van der Waals surface area (Å²) in [6, 6.07) is 22.8. The van der Waals surface area contributed by atoms with E-state index in [4.69, 9.17) is 4.74 Å². The van der Waals surface area contributed by atoms with Crippen LogP contribution in [0, 0.1) is 13.8 Å². The van der Waals surface area contributed by atoms with Crippen LogP contribution in [0.15, 0.2) is 78.9 Å². The third kappa shape index (κ3) is 6.31. The van der Waals surface area contributed by atoms with Crippen LogP contribution in [0.5, 0.6) is 11.5 Å². The highest BCUT2D eigenvalue weighted by molar-refractivity contribution is 5.98. The van der Waals surface area contributed by atoms with Gasteiger partial charge < -0.3 is 15.0 Å². The van der Waals surface area contributed by atoms with Crippen molar-refractivity contribution >= 4 is 23.6 Å². The normalized spacial score (nSPS) is 10.7. The molecule has 2 amide bonds. The molecule has 0 saturated heterocycles. The number of nitrogens with zero attached hydrogens (tertiary/aromatic N) is 1. The van der Waals surface area contributed by atoms with Gasteiger partial charge in [-0.05, 0) is 60.9 Å². The minimum Gasteiger partial charge on any atom is -0.457 e. The second-order valence-electron chi connectivity index (χ2n) is 7.33. The van der Waals surface area contributed by atoms with Crippen LogP contribution in [-0.4, -0.2) is 30.3 Å². The summed E-state index contributed by atoms with van der Waals surface area (Å²) in [6.45, 7) is 3.85. The number of hydrogen-bond acceptors (Lipinski definition) is 3. The van der Waals surface area contributed by atoms with Gasteiger partial charge in [-0.25, -0.2) is 0 Å². The first-order chi connectivity index (χ1) is 14.9. The van der Waals surface area contributed by atoms with Gasteiger partial charge in [0, 0.05) is 18.8 Å². The second-order valence-corrected chi connectivity index (χ2v) is 7.33. The highest BCUT2D eigenvalue weighted by Crippen LogP contribution is 2.22. The Balaban J connectivity index is 1.58.